The van der Waals surface area contributed by atoms with E-state index in [-0.39, 0.29) is 28.9 Å². The molecule has 0 aromatic heterocycles. The minimum absolute atomic E-state index is 0.0578. The molecule has 152 valence electrons. The van der Waals surface area contributed by atoms with E-state index in [1.165, 1.54) is 0 Å². The van der Waals surface area contributed by atoms with Gasteiger partial charge in [0.05, 0.1) is 0 Å². The van der Waals surface area contributed by atoms with Crippen molar-refractivity contribution in [2.75, 3.05) is 13.1 Å². The topological polar surface area (TPSA) is 61.4 Å². The minimum Gasteiger partial charge on any atom is -0.342 e. The van der Waals surface area contributed by atoms with E-state index >= 15 is 0 Å². The molecule has 1 rings (SSSR count). The van der Waals surface area contributed by atoms with Crippen LogP contribution in [0, 0.1) is 11.3 Å². The second-order valence-corrected chi connectivity index (χ2v) is 9.12. The van der Waals surface area contributed by atoms with Crippen molar-refractivity contribution in [1.29, 1.82) is 0 Å². The number of likely N-dealkylation sites (tertiary alicyclic amines) is 1. The van der Waals surface area contributed by atoms with Crippen LogP contribution in [0.15, 0.2) is 0 Å². The van der Waals surface area contributed by atoms with Gasteiger partial charge in [0.2, 0.25) is 5.91 Å². The van der Waals surface area contributed by atoms with Crippen LogP contribution in [0.1, 0.15) is 87.0 Å². The third kappa shape index (κ3) is 6.48. The second-order valence-electron chi connectivity index (χ2n) is 9.12. The van der Waals surface area contributed by atoms with Gasteiger partial charge in [-0.05, 0) is 38.0 Å². The van der Waals surface area contributed by atoms with E-state index in [9.17, 15) is 9.59 Å². The normalized spacial score (nSPS) is 17.7. The lowest BCUT2D eigenvalue weighted by Crippen LogP contribution is -2.56. The Kier molecular flexibility index (Phi) is 8.42. The van der Waals surface area contributed by atoms with Gasteiger partial charge in [0.1, 0.15) is 0 Å². The number of carbonyl (C=O) groups excluding carboxylic acids is 2. The highest BCUT2D eigenvalue weighted by atomic mass is 16.2. The SMILES string of the molecule is CCC(C)CC(CC)(CC)NC(=O)NC1CCN(C(=O)C(C)(C)C)CC1. The first kappa shape index (κ1) is 22.8. The first-order valence-electron chi connectivity index (χ1n) is 10.4. The van der Waals surface area contributed by atoms with E-state index in [4.69, 9.17) is 0 Å². The van der Waals surface area contributed by atoms with Gasteiger partial charge >= 0.3 is 6.03 Å². The van der Waals surface area contributed by atoms with Crippen LogP contribution < -0.4 is 10.6 Å². The fourth-order valence-corrected chi connectivity index (χ4v) is 3.74. The van der Waals surface area contributed by atoms with Crippen molar-refractivity contribution in [1.82, 2.24) is 15.5 Å². The summed E-state index contributed by atoms with van der Waals surface area (Å²) < 4.78 is 0. The molecule has 0 aromatic carbocycles. The van der Waals surface area contributed by atoms with Crippen LogP contribution in [0.4, 0.5) is 4.79 Å². The molecule has 5 nitrogen and oxygen atoms in total. The Balaban J connectivity index is 2.54. The molecule has 1 saturated heterocycles. The van der Waals surface area contributed by atoms with E-state index in [0.29, 0.717) is 5.92 Å². The number of piperidine rings is 1. The van der Waals surface area contributed by atoms with Gasteiger partial charge in [-0.25, -0.2) is 4.79 Å². The summed E-state index contributed by atoms with van der Waals surface area (Å²) in [5.41, 5.74) is -0.460. The molecule has 1 aliphatic heterocycles. The minimum atomic E-state index is -0.338. The molecule has 0 aromatic rings. The Morgan fingerprint density at radius 2 is 1.62 bits per heavy atom. The molecular weight excluding hydrogens is 326 g/mol. The van der Waals surface area contributed by atoms with Crippen LogP contribution in [0.3, 0.4) is 0 Å². The molecule has 0 saturated carbocycles. The van der Waals surface area contributed by atoms with E-state index < -0.39 is 0 Å². The fourth-order valence-electron chi connectivity index (χ4n) is 3.74. The number of carbonyl (C=O) groups is 2. The first-order chi connectivity index (χ1) is 12.1. The second kappa shape index (κ2) is 9.61. The highest BCUT2D eigenvalue weighted by Gasteiger charge is 2.33. The lowest BCUT2D eigenvalue weighted by molar-refractivity contribution is -0.140. The number of hydrogen-bond donors (Lipinski definition) is 2. The highest BCUT2D eigenvalue weighted by molar-refractivity contribution is 5.81. The molecule has 1 atom stereocenters. The molecule has 0 aliphatic carbocycles. The zero-order valence-corrected chi connectivity index (χ0v) is 18.1. The molecule has 0 bridgehead atoms. The van der Waals surface area contributed by atoms with Crippen LogP contribution in [0.25, 0.3) is 0 Å². The van der Waals surface area contributed by atoms with Crippen LogP contribution in [0.2, 0.25) is 0 Å². The largest absolute Gasteiger partial charge is 0.342 e. The molecule has 5 heteroatoms. The number of nitrogens with one attached hydrogen (secondary N) is 2. The number of amides is 3. The molecule has 3 amide bonds. The third-order valence-electron chi connectivity index (χ3n) is 5.93. The standard InChI is InChI=1S/C21H41N3O2/c1-8-16(4)15-21(9-2,10-3)23-19(26)22-17-11-13-24(14-12-17)18(25)20(5,6)7/h16-17H,8-15H2,1-7H3,(H2,22,23,26). The zero-order valence-electron chi connectivity index (χ0n) is 18.1. The Morgan fingerprint density at radius 1 is 1.08 bits per heavy atom. The lowest BCUT2D eigenvalue weighted by atomic mass is 9.82. The van der Waals surface area contributed by atoms with Gasteiger partial charge in [0.25, 0.3) is 0 Å². The molecule has 1 fully saturated rings. The summed E-state index contributed by atoms with van der Waals surface area (Å²) in [6.07, 6.45) is 5.69. The van der Waals surface area contributed by atoms with Crippen LogP contribution in [-0.2, 0) is 4.79 Å². The van der Waals surface area contributed by atoms with Crippen LogP contribution >= 0.6 is 0 Å². The van der Waals surface area contributed by atoms with Crippen LogP contribution in [0.5, 0.6) is 0 Å². The predicted molar refractivity (Wildman–Crippen MR) is 108 cm³/mol. The van der Waals surface area contributed by atoms with E-state index in [1.54, 1.807) is 0 Å². The lowest BCUT2D eigenvalue weighted by Gasteiger charge is -2.38. The Bertz CT molecular complexity index is 458. The molecular formula is C21H41N3O2. The quantitative estimate of drug-likeness (QED) is 0.704. The number of nitrogens with zero attached hydrogens (tertiary/aromatic N) is 1. The van der Waals surface area contributed by atoms with Crippen molar-refractivity contribution in [3.05, 3.63) is 0 Å². The van der Waals surface area contributed by atoms with Crippen molar-refractivity contribution < 1.29 is 9.59 Å². The maximum atomic E-state index is 12.6. The van der Waals surface area contributed by atoms with Gasteiger partial charge in [0.15, 0.2) is 0 Å². The Morgan fingerprint density at radius 3 is 2.04 bits per heavy atom. The summed E-state index contributed by atoms with van der Waals surface area (Å²) in [6.45, 7) is 16.1. The summed E-state index contributed by atoms with van der Waals surface area (Å²) in [4.78, 5) is 26.9. The predicted octanol–water partition coefficient (Wildman–Crippen LogP) is 4.32. The summed E-state index contributed by atoms with van der Waals surface area (Å²) >= 11 is 0. The Labute approximate surface area is 160 Å². The van der Waals surface area contributed by atoms with Gasteiger partial charge in [-0.15, -0.1) is 0 Å². The van der Waals surface area contributed by atoms with E-state index in [0.717, 1.165) is 51.6 Å². The summed E-state index contributed by atoms with van der Waals surface area (Å²) in [5.74, 6) is 0.798. The molecule has 2 N–H and O–H groups in total. The van der Waals surface area contributed by atoms with Crippen molar-refractivity contribution in [2.24, 2.45) is 11.3 Å². The average Bonchev–Trinajstić information content (AvgIpc) is 2.60. The van der Waals surface area contributed by atoms with Crippen LogP contribution in [-0.4, -0.2) is 41.5 Å². The van der Waals surface area contributed by atoms with Crippen molar-refractivity contribution >= 4 is 11.9 Å². The maximum absolute atomic E-state index is 12.6. The molecule has 0 radical (unpaired) electrons. The maximum Gasteiger partial charge on any atom is 0.315 e. The third-order valence-corrected chi connectivity index (χ3v) is 5.93. The molecule has 0 spiro atoms. The van der Waals surface area contributed by atoms with Gasteiger partial charge in [0, 0.05) is 30.1 Å². The van der Waals surface area contributed by atoms with Gasteiger partial charge in [-0.2, -0.15) is 0 Å². The highest BCUT2D eigenvalue weighted by Crippen LogP contribution is 2.26. The molecule has 1 aliphatic rings. The van der Waals surface area contributed by atoms with Crippen molar-refractivity contribution in [3.63, 3.8) is 0 Å². The van der Waals surface area contributed by atoms with Gasteiger partial charge in [-0.1, -0.05) is 54.9 Å². The fraction of sp³-hybridized carbons (Fsp3) is 0.905. The number of urea groups is 1. The monoisotopic (exact) mass is 367 g/mol. The first-order valence-corrected chi connectivity index (χ1v) is 10.4. The van der Waals surface area contributed by atoms with Gasteiger partial charge < -0.3 is 15.5 Å². The Hall–Kier alpha value is -1.26. The van der Waals surface area contributed by atoms with Crippen molar-refractivity contribution in [2.45, 2.75) is 98.6 Å². The average molecular weight is 368 g/mol. The number of hydrogen-bond acceptors (Lipinski definition) is 2. The van der Waals surface area contributed by atoms with E-state index in [2.05, 4.69) is 38.3 Å². The zero-order chi connectivity index (χ0) is 20.0. The van der Waals surface area contributed by atoms with Crippen molar-refractivity contribution in [3.8, 4) is 0 Å². The summed E-state index contributed by atoms with van der Waals surface area (Å²) in [7, 11) is 0. The smallest absolute Gasteiger partial charge is 0.315 e. The summed E-state index contributed by atoms with van der Waals surface area (Å²) in [5, 5.41) is 6.41. The molecule has 1 unspecified atom stereocenters. The molecule has 26 heavy (non-hydrogen) atoms. The molecule has 1 heterocycles. The number of rotatable bonds is 7. The van der Waals surface area contributed by atoms with Gasteiger partial charge in [-0.3, -0.25) is 4.79 Å². The summed E-state index contributed by atoms with van der Waals surface area (Å²) in [6, 6.07) is 0.0895. The van der Waals surface area contributed by atoms with E-state index in [1.807, 2.05) is 25.7 Å².